The lowest BCUT2D eigenvalue weighted by Crippen LogP contribution is -2.46. The third kappa shape index (κ3) is 5.72. The molecule has 0 fully saturated rings. The molecule has 0 saturated heterocycles. The van der Waals surface area contributed by atoms with E-state index < -0.39 is 36.1 Å². The van der Waals surface area contributed by atoms with Crippen LogP contribution in [-0.2, 0) is 20.9 Å². The molecule has 41 heavy (non-hydrogen) atoms. The highest BCUT2D eigenvalue weighted by molar-refractivity contribution is 6.52. The number of nitrogens with one attached hydrogen (secondary N) is 1. The lowest BCUT2D eigenvalue weighted by molar-refractivity contribution is -0.139. The van der Waals surface area contributed by atoms with Crippen molar-refractivity contribution < 1.29 is 23.9 Å². The van der Waals surface area contributed by atoms with Crippen LogP contribution in [0.4, 0.5) is 11.4 Å². The van der Waals surface area contributed by atoms with Gasteiger partial charge in [0.1, 0.15) is 18.3 Å². The highest BCUT2D eigenvalue weighted by Crippen LogP contribution is 2.31. The number of anilines is 2. The summed E-state index contributed by atoms with van der Waals surface area (Å²) >= 11 is 0. The average molecular weight is 548 g/mol. The van der Waals surface area contributed by atoms with Gasteiger partial charge in [0.25, 0.3) is 17.6 Å². The molecular formula is C33H29N3O5. The van der Waals surface area contributed by atoms with Gasteiger partial charge in [0.2, 0.25) is 5.91 Å². The van der Waals surface area contributed by atoms with Crippen LogP contribution in [0.2, 0.25) is 0 Å². The Bertz CT molecular complexity index is 1600. The van der Waals surface area contributed by atoms with Gasteiger partial charge in [-0.2, -0.15) is 0 Å². The lowest BCUT2D eigenvalue weighted by Gasteiger charge is -2.33. The summed E-state index contributed by atoms with van der Waals surface area (Å²) in [5.41, 5.74) is 3.57. The number of carbonyl (C=O) groups excluding carboxylic acids is 4. The first kappa shape index (κ1) is 27.3. The first-order valence-electron chi connectivity index (χ1n) is 13.2. The molecule has 0 saturated carbocycles. The second kappa shape index (κ2) is 11.9. The van der Waals surface area contributed by atoms with Crippen molar-refractivity contribution in [1.82, 2.24) is 4.90 Å². The van der Waals surface area contributed by atoms with Gasteiger partial charge >= 0.3 is 0 Å². The maximum atomic E-state index is 14.2. The number of para-hydroxylation sites is 1. The van der Waals surface area contributed by atoms with Crippen molar-refractivity contribution in [1.29, 1.82) is 0 Å². The molecule has 0 spiro atoms. The molecule has 1 aliphatic rings. The number of nitrogens with zero attached hydrogens (tertiary/aromatic N) is 2. The number of hydrogen-bond donors (Lipinski definition) is 1. The second-order valence-corrected chi connectivity index (χ2v) is 9.72. The molecule has 5 rings (SSSR count). The van der Waals surface area contributed by atoms with Crippen LogP contribution in [0.25, 0.3) is 0 Å². The van der Waals surface area contributed by atoms with Gasteiger partial charge in [0.05, 0.1) is 18.4 Å². The standard InChI is InChI=1S/C33H29N3O5/c1-22-10-6-7-13-24(22)20-36(29(37)21-35-28-15-9-8-14-27(28)31(38)33(35)40)30(23-11-4-3-5-12-23)32(39)34-25-16-18-26(41-2)19-17-25/h3-19,30H,20-21H2,1-2H3,(H,34,39)/t30-/m1/s1. The van der Waals surface area contributed by atoms with Crippen molar-refractivity contribution in [3.8, 4) is 5.75 Å². The molecule has 1 N–H and O–H groups in total. The fourth-order valence-corrected chi connectivity index (χ4v) is 4.92. The zero-order valence-electron chi connectivity index (χ0n) is 22.7. The van der Waals surface area contributed by atoms with E-state index >= 15 is 0 Å². The molecule has 0 unspecified atom stereocenters. The number of rotatable bonds is 9. The molecular weight excluding hydrogens is 518 g/mol. The first-order chi connectivity index (χ1) is 19.9. The average Bonchev–Trinajstić information content (AvgIpc) is 3.23. The Morgan fingerprint density at radius 1 is 0.854 bits per heavy atom. The summed E-state index contributed by atoms with van der Waals surface area (Å²) in [6, 6.07) is 29.1. The van der Waals surface area contributed by atoms with Crippen LogP contribution in [0.15, 0.2) is 103 Å². The minimum atomic E-state index is -1.03. The maximum Gasteiger partial charge on any atom is 0.299 e. The van der Waals surface area contributed by atoms with E-state index in [0.717, 1.165) is 11.1 Å². The quantitative estimate of drug-likeness (QED) is 0.300. The zero-order valence-corrected chi connectivity index (χ0v) is 22.7. The monoisotopic (exact) mass is 547 g/mol. The molecule has 0 aliphatic carbocycles. The molecule has 8 nitrogen and oxygen atoms in total. The van der Waals surface area contributed by atoms with Crippen LogP contribution in [0.1, 0.15) is 33.1 Å². The molecule has 1 aliphatic heterocycles. The van der Waals surface area contributed by atoms with E-state index in [2.05, 4.69) is 5.32 Å². The van der Waals surface area contributed by atoms with Crippen LogP contribution in [0.3, 0.4) is 0 Å². The van der Waals surface area contributed by atoms with E-state index in [1.54, 1.807) is 79.9 Å². The largest absolute Gasteiger partial charge is 0.497 e. The van der Waals surface area contributed by atoms with Crippen LogP contribution < -0.4 is 15.0 Å². The molecule has 8 heteroatoms. The molecule has 1 heterocycles. The molecule has 0 radical (unpaired) electrons. The predicted octanol–water partition coefficient (Wildman–Crippen LogP) is 4.94. The summed E-state index contributed by atoms with van der Waals surface area (Å²) in [6.45, 7) is 1.65. The number of Topliss-reactive ketones (excluding diaryl/α,β-unsaturated/α-hetero) is 1. The number of fused-ring (bicyclic) bond motifs is 1. The predicted molar refractivity (Wildman–Crippen MR) is 156 cm³/mol. The molecule has 3 amide bonds. The number of ketones is 1. The highest BCUT2D eigenvalue weighted by atomic mass is 16.5. The molecule has 206 valence electrons. The lowest BCUT2D eigenvalue weighted by atomic mass is 10.0. The fourth-order valence-electron chi connectivity index (χ4n) is 4.92. The summed E-state index contributed by atoms with van der Waals surface area (Å²) in [5.74, 6) is -1.69. The van der Waals surface area contributed by atoms with Crippen LogP contribution >= 0.6 is 0 Å². The summed E-state index contributed by atoms with van der Waals surface area (Å²) < 4.78 is 5.22. The van der Waals surface area contributed by atoms with Crippen LogP contribution in [0, 0.1) is 6.92 Å². The summed E-state index contributed by atoms with van der Waals surface area (Å²) in [5, 5.41) is 2.93. The maximum absolute atomic E-state index is 14.2. The van der Waals surface area contributed by atoms with Crippen molar-refractivity contribution in [2.24, 2.45) is 0 Å². The second-order valence-electron chi connectivity index (χ2n) is 9.72. The number of methoxy groups -OCH3 is 1. The van der Waals surface area contributed by atoms with Gasteiger partial charge in [-0.25, -0.2) is 0 Å². The van der Waals surface area contributed by atoms with Crippen LogP contribution in [-0.4, -0.2) is 42.1 Å². The summed E-state index contributed by atoms with van der Waals surface area (Å²) in [6.07, 6.45) is 0. The number of aryl methyl sites for hydroxylation is 1. The van der Waals surface area contributed by atoms with Gasteiger partial charge in [-0.15, -0.1) is 0 Å². The van der Waals surface area contributed by atoms with Gasteiger partial charge in [-0.1, -0.05) is 66.7 Å². The van der Waals surface area contributed by atoms with Gasteiger partial charge in [0, 0.05) is 12.2 Å². The SMILES string of the molecule is COc1ccc(NC(=O)[C@@H](c2ccccc2)N(Cc2ccccc2C)C(=O)CN2C(=O)C(=O)c3ccccc32)cc1. The van der Waals surface area contributed by atoms with Gasteiger partial charge < -0.3 is 15.0 Å². The van der Waals surface area contributed by atoms with Crippen molar-refractivity contribution in [3.05, 3.63) is 125 Å². The van der Waals surface area contributed by atoms with Gasteiger partial charge in [0.15, 0.2) is 0 Å². The molecule has 4 aromatic carbocycles. The normalized spacial score (nSPS) is 13.0. The smallest absolute Gasteiger partial charge is 0.299 e. The third-order valence-corrected chi connectivity index (χ3v) is 7.13. The minimum Gasteiger partial charge on any atom is -0.497 e. The number of ether oxygens (including phenoxy) is 1. The minimum absolute atomic E-state index is 0.110. The Kier molecular flexibility index (Phi) is 7.92. The van der Waals surface area contributed by atoms with E-state index in [-0.39, 0.29) is 12.1 Å². The van der Waals surface area contributed by atoms with E-state index in [1.807, 2.05) is 37.3 Å². The van der Waals surface area contributed by atoms with Crippen molar-refractivity contribution in [2.45, 2.75) is 19.5 Å². The van der Waals surface area contributed by atoms with Gasteiger partial charge in [-0.05, 0) is 60.0 Å². The molecule has 0 aromatic heterocycles. The van der Waals surface area contributed by atoms with Crippen LogP contribution in [0.5, 0.6) is 5.75 Å². The Morgan fingerprint density at radius 3 is 2.22 bits per heavy atom. The first-order valence-corrected chi connectivity index (χ1v) is 13.2. The van der Waals surface area contributed by atoms with Crippen molar-refractivity contribution in [3.63, 3.8) is 0 Å². The van der Waals surface area contributed by atoms with E-state index in [0.29, 0.717) is 22.7 Å². The molecule has 1 atom stereocenters. The Morgan fingerprint density at radius 2 is 1.51 bits per heavy atom. The zero-order chi connectivity index (χ0) is 28.9. The Hall–Kier alpha value is -5.24. The summed E-state index contributed by atoms with van der Waals surface area (Å²) in [4.78, 5) is 56.3. The fraction of sp³-hybridized carbons (Fsp3) is 0.152. The topological polar surface area (TPSA) is 96.0 Å². The van der Waals surface area contributed by atoms with E-state index in [1.165, 1.54) is 9.80 Å². The number of carbonyl (C=O) groups is 4. The van der Waals surface area contributed by atoms with Crippen molar-refractivity contribution in [2.75, 3.05) is 23.9 Å². The number of benzene rings is 4. The van der Waals surface area contributed by atoms with Crippen molar-refractivity contribution >= 4 is 34.9 Å². The number of hydrogen-bond acceptors (Lipinski definition) is 5. The van der Waals surface area contributed by atoms with E-state index in [9.17, 15) is 19.2 Å². The Balaban J connectivity index is 1.53. The third-order valence-electron chi connectivity index (χ3n) is 7.13. The van der Waals surface area contributed by atoms with Gasteiger partial charge in [-0.3, -0.25) is 24.1 Å². The van der Waals surface area contributed by atoms with E-state index in [4.69, 9.17) is 4.74 Å². The Labute approximate surface area is 238 Å². The molecule has 0 bridgehead atoms. The molecule has 4 aromatic rings. The highest BCUT2D eigenvalue weighted by Gasteiger charge is 2.39. The number of amides is 3. The summed E-state index contributed by atoms with van der Waals surface area (Å²) in [7, 11) is 1.56.